The van der Waals surface area contributed by atoms with Gasteiger partial charge in [0.1, 0.15) is 18.2 Å². The Labute approximate surface area is 156 Å². The molecule has 4 nitrogen and oxygen atoms in total. The van der Waals surface area contributed by atoms with Crippen LogP contribution in [0.5, 0.6) is 5.75 Å². The molecule has 1 N–H and O–H groups in total. The first-order valence-electron chi connectivity index (χ1n) is 8.98. The van der Waals surface area contributed by atoms with Gasteiger partial charge in [-0.15, -0.1) is 0 Å². The molecule has 1 aliphatic rings. The second-order valence-corrected chi connectivity index (χ2v) is 7.24. The van der Waals surface area contributed by atoms with Gasteiger partial charge in [0, 0.05) is 30.5 Å². The van der Waals surface area contributed by atoms with Gasteiger partial charge < -0.3 is 9.72 Å². The van der Waals surface area contributed by atoms with Crippen LogP contribution in [0.1, 0.15) is 41.4 Å². The summed E-state index contributed by atoms with van der Waals surface area (Å²) >= 11 is 0. The highest BCUT2D eigenvalue weighted by Gasteiger charge is 2.47. The number of nitrogens with zero attached hydrogens (tertiary/aromatic N) is 2. The van der Waals surface area contributed by atoms with E-state index in [9.17, 15) is 8.78 Å². The quantitative estimate of drug-likeness (QED) is 0.674. The number of pyridine rings is 1. The summed E-state index contributed by atoms with van der Waals surface area (Å²) in [6.07, 6.45) is 3.28. The van der Waals surface area contributed by atoms with E-state index in [1.807, 2.05) is 50.4 Å². The maximum Gasteiger partial charge on any atom is 0.249 e. The van der Waals surface area contributed by atoms with E-state index in [0.717, 1.165) is 33.8 Å². The van der Waals surface area contributed by atoms with Gasteiger partial charge in [-0.25, -0.2) is 13.8 Å². The fraction of sp³-hybridized carbons (Fsp3) is 0.333. The topological polar surface area (TPSA) is 50.8 Å². The van der Waals surface area contributed by atoms with Crippen LogP contribution in [0.3, 0.4) is 0 Å². The van der Waals surface area contributed by atoms with E-state index in [4.69, 9.17) is 4.74 Å². The standard InChI is InChI=1S/C21H21F2N3O/c1-13-3-5-17(24-10-13)12-27-19-6-4-15(7-14(19)2)18-11-25-20(26-18)16-8-21(22,23)9-16/h3-7,10-11,16H,8-9,12H2,1-2H3,(H,25,26). The first-order valence-corrected chi connectivity index (χ1v) is 8.98. The molecular weight excluding hydrogens is 348 g/mol. The molecule has 0 spiro atoms. The second kappa shape index (κ2) is 6.76. The van der Waals surface area contributed by atoms with Crippen molar-refractivity contribution in [2.24, 2.45) is 0 Å². The fourth-order valence-corrected chi connectivity index (χ4v) is 3.26. The predicted molar refractivity (Wildman–Crippen MR) is 99.0 cm³/mol. The van der Waals surface area contributed by atoms with Crippen molar-refractivity contribution in [3.63, 3.8) is 0 Å². The van der Waals surface area contributed by atoms with Crippen LogP contribution in [0.25, 0.3) is 11.3 Å². The van der Waals surface area contributed by atoms with Gasteiger partial charge in [0.25, 0.3) is 0 Å². The third-order valence-electron chi connectivity index (χ3n) is 4.91. The molecule has 0 unspecified atom stereocenters. The summed E-state index contributed by atoms with van der Waals surface area (Å²) in [7, 11) is 0. The van der Waals surface area contributed by atoms with E-state index >= 15 is 0 Å². The van der Waals surface area contributed by atoms with Crippen LogP contribution in [0.2, 0.25) is 0 Å². The summed E-state index contributed by atoms with van der Waals surface area (Å²) in [4.78, 5) is 11.8. The fourth-order valence-electron chi connectivity index (χ4n) is 3.26. The van der Waals surface area contributed by atoms with Crippen molar-refractivity contribution in [1.82, 2.24) is 15.0 Å². The van der Waals surface area contributed by atoms with Crippen molar-refractivity contribution in [1.29, 1.82) is 0 Å². The third-order valence-corrected chi connectivity index (χ3v) is 4.91. The number of hydrogen-bond donors (Lipinski definition) is 1. The Morgan fingerprint density at radius 1 is 1.11 bits per heavy atom. The van der Waals surface area contributed by atoms with E-state index in [2.05, 4.69) is 15.0 Å². The van der Waals surface area contributed by atoms with Crippen LogP contribution >= 0.6 is 0 Å². The van der Waals surface area contributed by atoms with Crippen molar-refractivity contribution in [2.45, 2.75) is 45.1 Å². The molecule has 2 aromatic heterocycles. The summed E-state index contributed by atoms with van der Waals surface area (Å²) < 4.78 is 32.0. The van der Waals surface area contributed by atoms with E-state index in [1.54, 1.807) is 6.20 Å². The highest BCUT2D eigenvalue weighted by Crippen LogP contribution is 2.47. The Morgan fingerprint density at radius 3 is 2.59 bits per heavy atom. The average Bonchev–Trinajstić information content (AvgIpc) is 3.10. The van der Waals surface area contributed by atoms with Crippen molar-refractivity contribution in [3.8, 4) is 17.0 Å². The molecule has 1 saturated carbocycles. The minimum absolute atomic E-state index is 0.126. The number of imidazole rings is 1. The molecule has 0 amide bonds. The van der Waals surface area contributed by atoms with E-state index < -0.39 is 5.92 Å². The van der Waals surface area contributed by atoms with Crippen molar-refractivity contribution in [2.75, 3.05) is 0 Å². The molecule has 6 heteroatoms. The van der Waals surface area contributed by atoms with Crippen LogP contribution in [0.4, 0.5) is 8.78 Å². The highest BCUT2D eigenvalue weighted by molar-refractivity contribution is 5.61. The smallest absolute Gasteiger partial charge is 0.249 e. The van der Waals surface area contributed by atoms with Crippen LogP contribution in [-0.4, -0.2) is 20.9 Å². The first kappa shape index (κ1) is 17.6. The first-order chi connectivity index (χ1) is 12.9. The molecule has 3 aromatic rings. The summed E-state index contributed by atoms with van der Waals surface area (Å²) in [6, 6.07) is 9.82. The number of ether oxygens (including phenoxy) is 1. The summed E-state index contributed by atoms with van der Waals surface area (Å²) in [5.74, 6) is -1.29. The van der Waals surface area contributed by atoms with Gasteiger partial charge in [-0.2, -0.15) is 0 Å². The number of benzene rings is 1. The van der Waals surface area contributed by atoms with Crippen LogP contribution in [-0.2, 0) is 6.61 Å². The molecule has 0 atom stereocenters. The molecule has 1 aromatic carbocycles. The van der Waals surface area contributed by atoms with Gasteiger partial charge in [0.2, 0.25) is 5.92 Å². The maximum atomic E-state index is 13.1. The lowest BCUT2D eigenvalue weighted by Gasteiger charge is -2.33. The van der Waals surface area contributed by atoms with Gasteiger partial charge in [0.15, 0.2) is 0 Å². The van der Waals surface area contributed by atoms with Crippen LogP contribution in [0, 0.1) is 13.8 Å². The van der Waals surface area contributed by atoms with E-state index in [1.165, 1.54) is 0 Å². The number of nitrogens with one attached hydrogen (secondary N) is 1. The zero-order valence-corrected chi connectivity index (χ0v) is 15.3. The van der Waals surface area contributed by atoms with Gasteiger partial charge in [-0.1, -0.05) is 6.07 Å². The number of aryl methyl sites for hydroxylation is 2. The van der Waals surface area contributed by atoms with E-state index in [0.29, 0.717) is 12.4 Å². The lowest BCUT2D eigenvalue weighted by Crippen LogP contribution is -2.34. The number of aromatic amines is 1. The maximum absolute atomic E-state index is 13.1. The molecular formula is C21H21F2N3O. The van der Waals surface area contributed by atoms with Crippen LogP contribution in [0.15, 0.2) is 42.7 Å². The van der Waals surface area contributed by atoms with E-state index in [-0.39, 0.29) is 18.8 Å². The van der Waals surface area contributed by atoms with Gasteiger partial charge >= 0.3 is 0 Å². The van der Waals surface area contributed by atoms with Gasteiger partial charge in [0.05, 0.1) is 17.6 Å². The van der Waals surface area contributed by atoms with Gasteiger partial charge in [-0.3, -0.25) is 4.98 Å². The molecule has 0 saturated heterocycles. The molecule has 27 heavy (non-hydrogen) atoms. The molecule has 4 rings (SSSR count). The third kappa shape index (κ3) is 3.84. The van der Waals surface area contributed by atoms with Gasteiger partial charge in [-0.05, 0) is 49.2 Å². The Morgan fingerprint density at radius 2 is 1.93 bits per heavy atom. The van der Waals surface area contributed by atoms with Crippen molar-refractivity contribution in [3.05, 3.63) is 65.4 Å². The normalized spacial score (nSPS) is 16.1. The number of aromatic nitrogens is 3. The highest BCUT2D eigenvalue weighted by atomic mass is 19.3. The number of H-pyrrole nitrogens is 1. The zero-order chi connectivity index (χ0) is 19.0. The van der Waals surface area contributed by atoms with Crippen LogP contribution < -0.4 is 4.74 Å². The SMILES string of the molecule is Cc1ccc(COc2ccc(-c3cnc(C4CC(F)(F)C4)[nH]3)cc2C)nc1. The average molecular weight is 369 g/mol. The molecule has 0 aliphatic heterocycles. The number of rotatable bonds is 5. The summed E-state index contributed by atoms with van der Waals surface area (Å²) in [5, 5.41) is 0. The number of hydrogen-bond acceptors (Lipinski definition) is 3. The zero-order valence-electron chi connectivity index (χ0n) is 15.3. The lowest BCUT2D eigenvalue weighted by molar-refractivity contribution is -0.0883. The second-order valence-electron chi connectivity index (χ2n) is 7.24. The lowest BCUT2D eigenvalue weighted by atomic mass is 9.81. The Bertz CT molecular complexity index is 942. The van der Waals surface area contributed by atoms with Crippen molar-refractivity contribution >= 4 is 0 Å². The predicted octanol–water partition coefficient (Wildman–Crippen LogP) is 5.18. The molecule has 0 radical (unpaired) electrons. The monoisotopic (exact) mass is 369 g/mol. The Balaban J connectivity index is 1.44. The molecule has 1 aliphatic carbocycles. The summed E-state index contributed by atoms with van der Waals surface area (Å²) in [5.41, 5.74) is 4.77. The van der Waals surface area contributed by atoms with Crippen molar-refractivity contribution < 1.29 is 13.5 Å². The largest absolute Gasteiger partial charge is 0.487 e. The number of alkyl halides is 2. The molecule has 0 bridgehead atoms. The minimum atomic E-state index is -2.54. The Kier molecular flexibility index (Phi) is 4.42. The molecule has 2 heterocycles. The Hall–Kier alpha value is -2.76. The molecule has 1 fully saturated rings. The molecule has 140 valence electrons. The summed E-state index contributed by atoms with van der Waals surface area (Å²) in [6.45, 7) is 4.38. The minimum Gasteiger partial charge on any atom is -0.487 e. The number of halogens is 2.